The standard InChI is InChI=1S/C35H38N6O/c1-2-3-14-34-36-23-32(33(42)21-25-10-6-4-7-11-25)41(34)24-26-15-17-28(18-16-26)31-22-29(27-12-8-5-9-13-27)19-20-30(31)35-37-39-40-38-35/h5,8-9,12-13,15-20,22-23,25H,2-4,6-7,10-11,14,21,24H2,1H3,(H,37,38,39,40). The van der Waals surface area contributed by atoms with E-state index in [4.69, 9.17) is 4.98 Å². The number of hydrogen-bond acceptors (Lipinski definition) is 5. The average Bonchev–Trinajstić information content (AvgIpc) is 3.72. The molecule has 0 atom stereocenters. The Bertz CT molecular complexity index is 1600. The number of unbranched alkanes of at least 4 members (excludes halogenated alkanes) is 1. The van der Waals surface area contributed by atoms with Gasteiger partial charge in [-0.15, -0.1) is 10.2 Å². The highest BCUT2D eigenvalue weighted by atomic mass is 16.1. The lowest BCUT2D eigenvalue weighted by atomic mass is 9.85. The highest BCUT2D eigenvalue weighted by molar-refractivity contribution is 5.94. The second kappa shape index (κ2) is 13.1. The van der Waals surface area contributed by atoms with Crippen LogP contribution >= 0.6 is 0 Å². The summed E-state index contributed by atoms with van der Waals surface area (Å²) in [7, 11) is 0. The Hall–Kier alpha value is -4.39. The molecule has 0 radical (unpaired) electrons. The molecule has 1 aliphatic rings. The van der Waals surface area contributed by atoms with E-state index in [9.17, 15) is 4.79 Å². The minimum atomic E-state index is 0.233. The molecule has 42 heavy (non-hydrogen) atoms. The molecule has 0 spiro atoms. The van der Waals surface area contributed by atoms with E-state index in [1.807, 2.05) is 12.3 Å². The first-order valence-electron chi connectivity index (χ1n) is 15.3. The normalized spacial score (nSPS) is 13.8. The van der Waals surface area contributed by atoms with Crippen LogP contribution in [-0.2, 0) is 13.0 Å². The van der Waals surface area contributed by atoms with Gasteiger partial charge < -0.3 is 4.57 Å². The Kier molecular flexibility index (Phi) is 8.64. The fraction of sp³-hybridized carbons (Fsp3) is 0.343. The van der Waals surface area contributed by atoms with Crippen LogP contribution in [0.2, 0.25) is 0 Å². The number of nitrogens with zero attached hydrogens (tertiary/aromatic N) is 5. The van der Waals surface area contributed by atoms with Gasteiger partial charge in [0.05, 0.1) is 6.20 Å². The SMILES string of the molecule is CCCCc1ncc(C(=O)CC2CCCCC2)n1Cc1ccc(-c2cc(-c3ccccc3)ccc2-c2nn[nH]n2)cc1. The molecule has 2 aromatic heterocycles. The lowest BCUT2D eigenvalue weighted by molar-refractivity contribution is 0.0941. The number of H-pyrrole nitrogens is 1. The lowest BCUT2D eigenvalue weighted by Crippen LogP contribution is -2.17. The smallest absolute Gasteiger partial charge is 0.205 e. The molecule has 5 aromatic rings. The molecule has 1 aliphatic carbocycles. The molecular formula is C35H38N6O. The van der Waals surface area contributed by atoms with Crippen LogP contribution in [0.15, 0.2) is 79.0 Å². The van der Waals surface area contributed by atoms with Crippen LogP contribution in [0.1, 0.15) is 80.2 Å². The number of aromatic nitrogens is 6. The van der Waals surface area contributed by atoms with E-state index in [1.54, 1.807) is 0 Å². The lowest BCUT2D eigenvalue weighted by Gasteiger charge is -2.21. The van der Waals surface area contributed by atoms with Gasteiger partial charge in [-0.3, -0.25) is 4.79 Å². The maximum atomic E-state index is 13.5. The van der Waals surface area contributed by atoms with Gasteiger partial charge in [0.2, 0.25) is 5.82 Å². The fourth-order valence-electron chi connectivity index (χ4n) is 6.14. The fourth-order valence-corrected chi connectivity index (χ4v) is 6.14. The quantitative estimate of drug-likeness (QED) is 0.166. The molecule has 3 aromatic carbocycles. The molecular weight excluding hydrogens is 520 g/mol. The summed E-state index contributed by atoms with van der Waals surface area (Å²) in [5.74, 6) is 2.31. The van der Waals surface area contributed by atoms with Gasteiger partial charge in [-0.05, 0) is 57.5 Å². The van der Waals surface area contributed by atoms with E-state index in [0.717, 1.165) is 64.2 Å². The highest BCUT2D eigenvalue weighted by Crippen LogP contribution is 2.34. The summed E-state index contributed by atoms with van der Waals surface area (Å²) in [4.78, 5) is 18.2. The zero-order chi connectivity index (χ0) is 28.7. The number of rotatable bonds is 11. The third kappa shape index (κ3) is 6.25. The maximum absolute atomic E-state index is 13.5. The molecule has 214 valence electrons. The summed E-state index contributed by atoms with van der Waals surface area (Å²) < 4.78 is 2.16. The summed E-state index contributed by atoms with van der Waals surface area (Å²) in [6.07, 6.45) is 11.6. The summed E-state index contributed by atoms with van der Waals surface area (Å²) in [6.45, 7) is 2.82. The number of imidazole rings is 1. The van der Waals surface area contributed by atoms with Crippen molar-refractivity contribution in [3.8, 4) is 33.6 Å². The van der Waals surface area contributed by atoms with Crippen LogP contribution in [0.3, 0.4) is 0 Å². The second-order valence-electron chi connectivity index (χ2n) is 11.4. The van der Waals surface area contributed by atoms with Gasteiger partial charge in [-0.25, -0.2) is 4.98 Å². The first kappa shape index (κ1) is 27.8. The van der Waals surface area contributed by atoms with E-state index in [-0.39, 0.29) is 5.78 Å². The molecule has 0 aliphatic heterocycles. The van der Waals surface area contributed by atoms with Crippen molar-refractivity contribution in [2.24, 2.45) is 5.92 Å². The predicted octanol–water partition coefficient (Wildman–Crippen LogP) is 7.94. The van der Waals surface area contributed by atoms with Gasteiger partial charge in [0.25, 0.3) is 0 Å². The van der Waals surface area contributed by atoms with Crippen LogP contribution in [0, 0.1) is 5.92 Å². The van der Waals surface area contributed by atoms with Gasteiger partial charge in [0, 0.05) is 24.9 Å². The third-order valence-corrected chi connectivity index (χ3v) is 8.50. The molecule has 2 heterocycles. The average molecular weight is 559 g/mol. The topological polar surface area (TPSA) is 89.4 Å². The van der Waals surface area contributed by atoms with Crippen molar-refractivity contribution in [2.75, 3.05) is 0 Å². The third-order valence-electron chi connectivity index (χ3n) is 8.50. The first-order chi connectivity index (χ1) is 20.7. The molecule has 1 N–H and O–H groups in total. The Morgan fingerprint density at radius 3 is 2.43 bits per heavy atom. The molecule has 1 fully saturated rings. The van der Waals surface area contributed by atoms with E-state index < -0.39 is 0 Å². The molecule has 7 nitrogen and oxygen atoms in total. The molecule has 0 amide bonds. The largest absolute Gasteiger partial charge is 0.321 e. The highest BCUT2D eigenvalue weighted by Gasteiger charge is 2.22. The van der Waals surface area contributed by atoms with Crippen LogP contribution in [0.25, 0.3) is 33.6 Å². The van der Waals surface area contributed by atoms with Crippen molar-refractivity contribution in [2.45, 2.75) is 71.3 Å². The number of carbonyl (C=O) groups is 1. The van der Waals surface area contributed by atoms with Crippen molar-refractivity contribution in [3.05, 3.63) is 96.1 Å². The van der Waals surface area contributed by atoms with Crippen LogP contribution in [-0.4, -0.2) is 36.0 Å². The summed E-state index contributed by atoms with van der Waals surface area (Å²) in [5, 5.41) is 14.9. The van der Waals surface area contributed by atoms with Gasteiger partial charge in [0.15, 0.2) is 5.78 Å². The molecule has 7 heteroatoms. The summed E-state index contributed by atoms with van der Waals surface area (Å²) >= 11 is 0. The maximum Gasteiger partial charge on any atom is 0.205 e. The van der Waals surface area contributed by atoms with Crippen LogP contribution < -0.4 is 0 Å². The summed E-state index contributed by atoms with van der Waals surface area (Å²) in [6, 6.07) is 25.3. The second-order valence-corrected chi connectivity index (χ2v) is 11.4. The van der Waals surface area contributed by atoms with Crippen molar-refractivity contribution < 1.29 is 4.79 Å². The monoisotopic (exact) mass is 558 g/mol. The number of nitrogens with one attached hydrogen (secondary N) is 1. The molecule has 0 saturated heterocycles. The van der Waals surface area contributed by atoms with Crippen LogP contribution in [0.5, 0.6) is 0 Å². The Morgan fingerprint density at radius 2 is 1.69 bits per heavy atom. The van der Waals surface area contributed by atoms with E-state index >= 15 is 0 Å². The zero-order valence-electron chi connectivity index (χ0n) is 24.3. The van der Waals surface area contributed by atoms with Gasteiger partial charge in [0.1, 0.15) is 11.5 Å². The number of hydrogen-bond donors (Lipinski definition) is 1. The Balaban J connectivity index is 1.29. The Morgan fingerprint density at radius 1 is 0.905 bits per heavy atom. The van der Waals surface area contributed by atoms with Crippen molar-refractivity contribution in [3.63, 3.8) is 0 Å². The van der Waals surface area contributed by atoms with E-state index in [2.05, 4.69) is 98.8 Å². The number of aromatic amines is 1. The minimum Gasteiger partial charge on any atom is -0.321 e. The molecule has 0 unspecified atom stereocenters. The molecule has 0 bridgehead atoms. The zero-order valence-corrected chi connectivity index (χ0v) is 24.3. The number of ketones is 1. The first-order valence-corrected chi connectivity index (χ1v) is 15.3. The molecule has 6 rings (SSSR count). The van der Waals surface area contributed by atoms with Gasteiger partial charge in [-0.1, -0.05) is 106 Å². The molecule has 1 saturated carbocycles. The van der Waals surface area contributed by atoms with Gasteiger partial charge >= 0.3 is 0 Å². The van der Waals surface area contributed by atoms with Gasteiger partial charge in [-0.2, -0.15) is 5.21 Å². The Labute approximate surface area is 247 Å². The number of aryl methyl sites for hydroxylation is 1. The predicted molar refractivity (Wildman–Crippen MR) is 166 cm³/mol. The van der Waals surface area contributed by atoms with E-state index in [0.29, 0.717) is 24.7 Å². The van der Waals surface area contributed by atoms with Crippen molar-refractivity contribution in [1.29, 1.82) is 0 Å². The number of tetrazole rings is 1. The number of benzene rings is 3. The van der Waals surface area contributed by atoms with Crippen molar-refractivity contribution in [1.82, 2.24) is 30.2 Å². The minimum absolute atomic E-state index is 0.233. The summed E-state index contributed by atoms with van der Waals surface area (Å²) in [5.41, 5.74) is 7.21. The number of Topliss-reactive ketones (excluding diaryl/α,β-unsaturated/α-hetero) is 1. The van der Waals surface area contributed by atoms with E-state index in [1.165, 1.54) is 32.1 Å². The number of carbonyl (C=O) groups excluding carboxylic acids is 1. The van der Waals surface area contributed by atoms with Crippen LogP contribution in [0.4, 0.5) is 0 Å². The van der Waals surface area contributed by atoms with Crippen molar-refractivity contribution >= 4 is 5.78 Å².